The van der Waals surface area contributed by atoms with Gasteiger partial charge >= 0.3 is 0 Å². The van der Waals surface area contributed by atoms with Crippen LogP contribution in [0.4, 0.5) is 5.82 Å². The van der Waals surface area contributed by atoms with Gasteiger partial charge in [0.05, 0.1) is 37.9 Å². The van der Waals surface area contributed by atoms with Gasteiger partial charge in [0.1, 0.15) is 5.82 Å². The standard InChI is InChI=1S/C11H19N3O2/c1-3-4-12-11-8-13-10(7-14-11)9-16-6-5-15-2/h7-8H,3-6,9H2,1-2H3,(H,12,14). The molecule has 16 heavy (non-hydrogen) atoms. The summed E-state index contributed by atoms with van der Waals surface area (Å²) in [7, 11) is 1.65. The van der Waals surface area contributed by atoms with Crippen LogP contribution in [0.25, 0.3) is 0 Å². The Balaban J connectivity index is 2.27. The van der Waals surface area contributed by atoms with E-state index in [1.54, 1.807) is 19.5 Å². The van der Waals surface area contributed by atoms with Crippen molar-refractivity contribution in [1.29, 1.82) is 0 Å². The van der Waals surface area contributed by atoms with Crippen molar-refractivity contribution in [1.82, 2.24) is 9.97 Å². The molecule has 0 saturated heterocycles. The first kappa shape index (κ1) is 12.9. The fourth-order valence-electron chi connectivity index (χ4n) is 1.09. The van der Waals surface area contributed by atoms with Crippen LogP contribution < -0.4 is 5.32 Å². The number of hydrogen-bond donors (Lipinski definition) is 1. The molecular weight excluding hydrogens is 206 g/mol. The van der Waals surface area contributed by atoms with Crippen LogP contribution in [-0.2, 0) is 16.1 Å². The summed E-state index contributed by atoms with van der Waals surface area (Å²) in [6.07, 6.45) is 4.53. The van der Waals surface area contributed by atoms with E-state index in [9.17, 15) is 0 Å². The number of hydrogen-bond acceptors (Lipinski definition) is 5. The minimum Gasteiger partial charge on any atom is -0.382 e. The van der Waals surface area contributed by atoms with Gasteiger partial charge in [-0.3, -0.25) is 4.98 Å². The number of nitrogens with zero attached hydrogens (tertiary/aromatic N) is 2. The van der Waals surface area contributed by atoms with Crippen molar-refractivity contribution in [3.8, 4) is 0 Å². The highest BCUT2D eigenvalue weighted by Gasteiger charge is 1.97. The summed E-state index contributed by atoms with van der Waals surface area (Å²) in [4.78, 5) is 8.47. The van der Waals surface area contributed by atoms with Crippen LogP contribution in [-0.4, -0.2) is 36.8 Å². The van der Waals surface area contributed by atoms with E-state index in [1.807, 2.05) is 0 Å². The van der Waals surface area contributed by atoms with Gasteiger partial charge in [0.2, 0.25) is 0 Å². The molecular formula is C11H19N3O2. The van der Waals surface area contributed by atoms with Crippen LogP contribution in [0.5, 0.6) is 0 Å². The summed E-state index contributed by atoms with van der Waals surface area (Å²) >= 11 is 0. The molecule has 1 aromatic heterocycles. The molecule has 0 aliphatic heterocycles. The zero-order valence-corrected chi connectivity index (χ0v) is 9.90. The first-order valence-electron chi connectivity index (χ1n) is 5.48. The van der Waals surface area contributed by atoms with E-state index in [0.717, 1.165) is 24.5 Å². The van der Waals surface area contributed by atoms with Crippen LogP contribution >= 0.6 is 0 Å². The van der Waals surface area contributed by atoms with Crippen molar-refractivity contribution in [2.24, 2.45) is 0 Å². The number of nitrogens with one attached hydrogen (secondary N) is 1. The quantitative estimate of drug-likeness (QED) is 0.679. The molecule has 0 saturated carbocycles. The minimum absolute atomic E-state index is 0.477. The third-order valence-electron chi connectivity index (χ3n) is 1.94. The first-order chi connectivity index (χ1) is 7.86. The summed E-state index contributed by atoms with van der Waals surface area (Å²) < 4.78 is 10.2. The highest BCUT2D eigenvalue weighted by atomic mass is 16.5. The molecule has 0 aliphatic rings. The highest BCUT2D eigenvalue weighted by molar-refractivity contribution is 5.30. The Bertz CT molecular complexity index is 277. The SMILES string of the molecule is CCCNc1cnc(COCCOC)cn1. The van der Waals surface area contributed by atoms with Crippen molar-refractivity contribution >= 4 is 5.82 Å². The number of aromatic nitrogens is 2. The van der Waals surface area contributed by atoms with Gasteiger partial charge in [-0.05, 0) is 6.42 Å². The van der Waals surface area contributed by atoms with E-state index in [4.69, 9.17) is 9.47 Å². The Morgan fingerprint density at radius 3 is 2.75 bits per heavy atom. The van der Waals surface area contributed by atoms with Gasteiger partial charge in [-0.25, -0.2) is 4.98 Å². The first-order valence-corrected chi connectivity index (χ1v) is 5.48. The maximum absolute atomic E-state index is 5.33. The average molecular weight is 225 g/mol. The molecule has 1 aromatic rings. The highest BCUT2D eigenvalue weighted by Crippen LogP contribution is 2.02. The normalized spacial score (nSPS) is 10.4. The van der Waals surface area contributed by atoms with Gasteiger partial charge in [0, 0.05) is 13.7 Å². The second-order valence-corrected chi connectivity index (χ2v) is 3.37. The van der Waals surface area contributed by atoms with E-state index in [2.05, 4.69) is 22.2 Å². The number of ether oxygens (including phenoxy) is 2. The predicted molar refractivity (Wildman–Crippen MR) is 62.3 cm³/mol. The molecule has 0 atom stereocenters. The minimum atomic E-state index is 0.477. The van der Waals surface area contributed by atoms with E-state index < -0.39 is 0 Å². The third-order valence-corrected chi connectivity index (χ3v) is 1.94. The molecule has 1 heterocycles. The molecule has 0 spiro atoms. The van der Waals surface area contributed by atoms with Crippen LogP contribution in [0.15, 0.2) is 12.4 Å². The molecule has 90 valence electrons. The lowest BCUT2D eigenvalue weighted by Gasteiger charge is -2.05. The average Bonchev–Trinajstić information content (AvgIpc) is 2.33. The maximum atomic E-state index is 5.33. The van der Waals surface area contributed by atoms with Gasteiger partial charge in [0.25, 0.3) is 0 Å². The summed E-state index contributed by atoms with van der Waals surface area (Å²) in [5.41, 5.74) is 0.832. The number of anilines is 1. The van der Waals surface area contributed by atoms with Gasteiger partial charge < -0.3 is 14.8 Å². The lowest BCUT2D eigenvalue weighted by atomic mass is 10.4. The van der Waals surface area contributed by atoms with Crippen LogP contribution in [0, 0.1) is 0 Å². The Hall–Kier alpha value is -1.20. The molecule has 0 bridgehead atoms. The molecule has 5 heteroatoms. The number of rotatable bonds is 8. The monoisotopic (exact) mass is 225 g/mol. The van der Waals surface area contributed by atoms with Crippen molar-refractivity contribution in [2.75, 3.05) is 32.2 Å². The third kappa shape index (κ3) is 5.04. The van der Waals surface area contributed by atoms with E-state index >= 15 is 0 Å². The lowest BCUT2D eigenvalue weighted by Crippen LogP contribution is -2.05. The summed E-state index contributed by atoms with van der Waals surface area (Å²) in [6, 6.07) is 0. The summed E-state index contributed by atoms with van der Waals surface area (Å²) in [6.45, 7) is 4.68. The van der Waals surface area contributed by atoms with Crippen LogP contribution in [0.2, 0.25) is 0 Å². The van der Waals surface area contributed by atoms with Crippen molar-refractivity contribution in [3.05, 3.63) is 18.1 Å². The fourth-order valence-corrected chi connectivity index (χ4v) is 1.09. The molecule has 1 N–H and O–H groups in total. The van der Waals surface area contributed by atoms with Crippen LogP contribution in [0.3, 0.4) is 0 Å². The Labute approximate surface area is 96.2 Å². The second kappa shape index (κ2) is 8.01. The second-order valence-electron chi connectivity index (χ2n) is 3.37. The Kier molecular flexibility index (Phi) is 6.44. The fraction of sp³-hybridized carbons (Fsp3) is 0.636. The van der Waals surface area contributed by atoms with Gasteiger partial charge in [-0.2, -0.15) is 0 Å². The van der Waals surface area contributed by atoms with Gasteiger partial charge in [-0.1, -0.05) is 6.92 Å². The zero-order valence-electron chi connectivity index (χ0n) is 9.90. The van der Waals surface area contributed by atoms with Gasteiger partial charge in [-0.15, -0.1) is 0 Å². The molecule has 5 nitrogen and oxygen atoms in total. The molecule has 0 radical (unpaired) electrons. The van der Waals surface area contributed by atoms with Crippen molar-refractivity contribution in [2.45, 2.75) is 20.0 Å². The molecule has 0 amide bonds. The topological polar surface area (TPSA) is 56.3 Å². The molecule has 0 aromatic carbocycles. The van der Waals surface area contributed by atoms with Crippen molar-refractivity contribution in [3.63, 3.8) is 0 Å². The Morgan fingerprint density at radius 1 is 1.25 bits per heavy atom. The lowest BCUT2D eigenvalue weighted by molar-refractivity contribution is 0.0601. The predicted octanol–water partition coefficient (Wildman–Crippen LogP) is 1.46. The maximum Gasteiger partial charge on any atom is 0.144 e. The van der Waals surface area contributed by atoms with E-state index in [0.29, 0.717) is 19.8 Å². The Morgan fingerprint density at radius 2 is 2.12 bits per heavy atom. The smallest absolute Gasteiger partial charge is 0.144 e. The van der Waals surface area contributed by atoms with Crippen LogP contribution in [0.1, 0.15) is 19.0 Å². The number of methoxy groups -OCH3 is 1. The van der Waals surface area contributed by atoms with Gasteiger partial charge in [0.15, 0.2) is 0 Å². The molecule has 0 fully saturated rings. The van der Waals surface area contributed by atoms with E-state index in [1.165, 1.54) is 0 Å². The molecule has 1 rings (SSSR count). The summed E-state index contributed by atoms with van der Waals surface area (Å²) in [5, 5.41) is 3.16. The zero-order chi connectivity index (χ0) is 11.6. The largest absolute Gasteiger partial charge is 0.382 e. The van der Waals surface area contributed by atoms with E-state index in [-0.39, 0.29) is 0 Å². The van der Waals surface area contributed by atoms with Crippen molar-refractivity contribution < 1.29 is 9.47 Å². The molecule has 0 unspecified atom stereocenters. The molecule has 0 aliphatic carbocycles. The summed E-state index contributed by atoms with van der Waals surface area (Å²) in [5.74, 6) is 0.808.